The maximum Gasteiger partial charge on any atom is 0.409 e. The largest absolute Gasteiger partial charge is 0.496 e. The van der Waals surface area contributed by atoms with Gasteiger partial charge in [-0.15, -0.1) is 0 Å². The molecule has 2 saturated heterocycles. The van der Waals surface area contributed by atoms with Gasteiger partial charge in [0.05, 0.1) is 52.5 Å². The number of rotatable bonds is 22. The van der Waals surface area contributed by atoms with Gasteiger partial charge in [-0.05, 0) is 133 Å². The van der Waals surface area contributed by atoms with Gasteiger partial charge in [0.1, 0.15) is 41.9 Å². The van der Waals surface area contributed by atoms with Crippen LogP contribution in [0.5, 0.6) is 11.5 Å². The van der Waals surface area contributed by atoms with Gasteiger partial charge in [0.25, 0.3) is 11.8 Å². The number of hydroxylamine groups is 4. The summed E-state index contributed by atoms with van der Waals surface area (Å²) in [5.41, 5.74) is 6.96. The van der Waals surface area contributed by atoms with Crippen LogP contribution in [0.2, 0.25) is 0 Å². The molecule has 524 valence electrons. The zero-order valence-electron chi connectivity index (χ0n) is 59.2. The standard InChI is InChI=1S/C38H55N5O7.C36H49N3O7/c1-21-29-17-26(38(29,3)4)18-30(21)40-36(46)33-32(22(2)49-37(47)42(8)9)31(20-44)50-43(33)19-23-12-11-13-28(34(23)48-10)24-14-25(35(45)39-5)16-27(15-24)41(6)7;1-8-29(42)23-12-22(13-24(14-23)34(43)37-6)26-11-9-10-21(33(26)45-7)17-39-32(31(20(3)41)30(18-40)46-39)35(44)38-28-16-25-15-27(19(28)2)36(25,4)5/h11-16,21-22,26,29-33,44H,17-20H2,1-10H3,(H,39,45)(H,40,46);9-14,19-20,25,27-28,30-32,40-41H,8,15-18H2,1-7H3,(H,37,43)(H,38,44)/t21-,22-,26+,29-,30-,31-,32+,33-;19-,20-,25+,27-,28-,30-,31+,32-/m00/s1. The smallest absolute Gasteiger partial charge is 0.409 e. The highest BCUT2D eigenvalue weighted by molar-refractivity contribution is 6.02. The second kappa shape index (κ2) is 29.9. The Morgan fingerprint density at radius 3 is 1.47 bits per heavy atom. The number of hydrogen-bond donors (Lipinski definition) is 7. The fourth-order valence-corrected chi connectivity index (χ4v) is 16.7. The number of nitrogens with one attached hydrogen (secondary N) is 4. The lowest BCUT2D eigenvalue weighted by Gasteiger charge is -2.62. The van der Waals surface area contributed by atoms with Crippen molar-refractivity contribution in [3.05, 3.63) is 101 Å². The molecule has 22 heteroatoms. The molecule has 5 amide bonds. The fraction of sp³-hybridized carbons (Fsp3) is 0.595. The third-order valence-corrected chi connectivity index (χ3v) is 22.6. The molecule has 0 aromatic heterocycles. The van der Waals surface area contributed by atoms with E-state index in [2.05, 4.69) is 62.8 Å². The maximum absolute atomic E-state index is 14.5. The van der Waals surface area contributed by atoms with E-state index in [9.17, 15) is 44.1 Å². The quantitative estimate of drug-likeness (QED) is 0.0366. The number of ketones is 1. The van der Waals surface area contributed by atoms with Gasteiger partial charge < -0.3 is 60.6 Å². The predicted octanol–water partition coefficient (Wildman–Crippen LogP) is 8.13. The van der Waals surface area contributed by atoms with Crippen LogP contribution in [0.1, 0.15) is 137 Å². The van der Waals surface area contributed by atoms with E-state index < -0.39 is 54.4 Å². The first-order valence-electron chi connectivity index (χ1n) is 34.0. The highest BCUT2D eigenvalue weighted by Gasteiger charge is 2.59. The molecule has 4 aromatic rings. The summed E-state index contributed by atoms with van der Waals surface area (Å²) in [6.45, 7) is 18.4. The molecule has 22 nitrogen and oxygen atoms in total. The molecule has 0 radical (unpaired) electrons. The van der Waals surface area contributed by atoms with Gasteiger partial charge in [-0.3, -0.25) is 33.6 Å². The van der Waals surface area contributed by atoms with Crippen molar-refractivity contribution in [2.45, 2.75) is 156 Å². The SMILES string of the molecule is CCC(=O)c1cc(C(=O)NC)cc(-c2cccc(CN3O[C@@H](CO)[C@@H]([C@H](C)O)[C@H]3C(=O)N[C@H]3C[C@H]4C[C@@H]([C@@H]3C)C4(C)C)c2OC)c1.CNC(=O)c1cc(-c2cccc(CN3O[C@@H](CO)[C@@H]([C@H](C)OC(=O)N(C)C)[C@H]3C(=O)N[C@H]3C[C@H]4C[C@@H]([C@@H]3C)C4(C)C)c2OC)cc(N(C)C)c1. The van der Waals surface area contributed by atoms with Crippen molar-refractivity contribution in [1.82, 2.24) is 36.3 Å². The van der Waals surface area contributed by atoms with Crippen LogP contribution in [-0.4, -0.2) is 184 Å². The molecule has 16 atom stereocenters. The minimum Gasteiger partial charge on any atom is -0.496 e. The molecule has 4 aromatic carbocycles. The van der Waals surface area contributed by atoms with E-state index in [1.54, 1.807) is 91.5 Å². The number of aliphatic hydroxyl groups excluding tert-OH is 3. The number of fused-ring (bicyclic) bond motifs is 4. The van der Waals surface area contributed by atoms with Gasteiger partial charge in [-0.25, -0.2) is 4.79 Å². The van der Waals surface area contributed by atoms with Gasteiger partial charge in [-0.1, -0.05) is 84.9 Å². The van der Waals surface area contributed by atoms with Crippen molar-refractivity contribution >= 4 is 41.2 Å². The van der Waals surface area contributed by atoms with E-state index >= 15 is 0 Å². The van der Waals surface area contributed by atoms with E-state index in [0.29, 0.717) is 86.8 Å². The summed E-state index contributed by atoms with van der Waals surface area (Å²) in [4.78, 5) is 95.1. The van der Waals surface area contributed by atoms with Crippen LogP contribution < -0.4 is 35.6 Å². The number of para-hydroxylation sites is 2. The number of anilines is 1. The fourth-order valence-electron chi connectivity index (χ4n) is 16.7. The average molecular weight is 1330 g/mol. The highest BCUT2D eigenvalue weighted by atomic mass is 16.7. The van der Waals surface area contributed by atoms with Crippen LogP contribution in [0.4, 0.5) is 10.5 Å². The number of benzene rings is 4. The number of amides is 5. The lowest BCUT2D eigenvalue weighted by molar-refractivity contribution is -0.183. The number of hydrogen-bond acceptors (Lipinski definition) is 17. The molecule has 0 spiro atoms. The molecular formula is C74H104N8O14. The van der Waals surface area contributed by atoms with Crippen LogP contribution in [0.3, 0.4) is 0 Å². The lowest BCUT2D eigenvalue weighted by Crippen LogP contribution is -2.62. The third kappa shape index (κ3) is 14.4. The van der Waals surface area contributed by atoms with E-state index in [1.807, 2.05) is 73.6 Å². The van der Waals surface area contributed by atoms with E-state index in [-0.39, 0.29) is 78.6 Å². The molecule has 0 unspecified atom stereocenters. The summed E-state index contributed by atoms with van der Waals surface area (Å²) in [5.74, 6) is 1.51. The van der Waals surface area contributed by atoms with Crippen molar-refractivity contribution in [1.29, 1.82) is 0 Å². The van der Waals surface area contributed by atoms with Crippen molar-refractivity contribution in [3.63, 3.8) is 0 Å². The summed E-state index contributed by atoms with van der Waals surface area (Å²) in [5, 5.41) is 46.8. The third-order valence-electron chi connectivity index (χ3n) is 22.6. The van der Waals surface area contributed by atoms with Crippen LogP contribution in [0.25, 0.3) is 22.3 Å². The number of ether oxygens (including phenoxy) is 3. The molecule has 6 aliphatic carbocycles. The number of methoxy groups -OCH3 is 2. The second-order valence-corrected chi connectivity index (χ2v) is 29.1. The van der Waals surface area contributed by atoms with E-state index in [1.165, 1.54) is 17.7 Å². The number of aliphatic hydroxyl groups is 3. The highest BCUT2D eigenvalue weighted by Crippen LogP contribution is 2.62. The molecule has 2 heterocycles. The van der Waals surface area contributed by atoms with Crippen LogP contribution >= 0.6 is 0 Å². The maximum atomic E-state index is 14.5. The zero-order chi connectivity index (χ0) is 70.2. The Bertz CT molecular complexity index is 3470. The summed E-state index contributed by atoms with van der Waals surface area (Å²) in [6.07, 6.45) is 0.722. The first kappa shape index (κ1) is 73.1. The van der Waals surface area contributed by atoms with Gasteiger partial charge in [-0.2, -0.15) is 10.1 Å². The first-order valence-corrected chi connectivity index (χ1v) is 34.0. The van der Waals surface area contributed by atoms with E-state index in [0.717, 1.165) is 35.2 Å². The molecule has 6 saturated carbocycles. The van der Waals surface area contributed by atoms with Gasteiger partial charge in [0.2, 0.25) is 11.8 Å². The minimum absolute atomic E-state index is 0.00550. The molecule has 8 fully saturated rings. The Kier molecular flexibility index (Phi) is 22.8. The molecule has 2 aliphatic heterocycles. The Labute approximate surface area is 566 Å². The van der Waals surface area contributed by atoms with Crippen molar-refractivity contribution in [3.8, 4) is 33.8 Å². The van der Waals surface area contributed by atoms with Crippen molar-refractivity contribution < 1.29 is 68.0 Å². The monoisotopic (exact) mass is 1330 g/mol. The van der Waals surface area contributed by atoms with Crippen LogP contribution in [-0.2, 0) is 37.1 Å². The molecular weight excluding hydrogens is 1220 g/mol. The Morgan fingerprint density at radius 2 is 1.07 bits per heavy atom. The molecule has 8 aliphatic rings. The minimum atomic E-state index is -0.913. The van der Waals surface area contributed by atoms with Gasteiger partial charge in [0, 0.05) is 111 Å². The molecule has 12 rings (SSSR count). The molecule has 7 N–H and O–H groups in total. The number of Topliss-reactive ketones (excluding diaryl/α,β-unsaturated/α-hetero) is 1. The normalized spacial score (nSPS) is 28.2. The average Bonchev–Trinajstić information content (AvgIpc) is 0.896. The van der Waals surface area contributed by atoms with Crippen molar-refractivity contribution in [2.75, 3.05) is 74.6 Å². The summed E-state index contributed by atoms with van der Waals surface area (Å²) in [7, 11) is 13.3. The lowest BCUT2D eigenvalue weighted by atomic mass is 9.45. The Balaban J connectivity index is 0.000000226. The number of carbonyl (C=O) groups excluding carboxylic acids is 6. The number of nitrogens with zero attached hydrogens (tertiary/aromatic N) is 4. The number of carbonyl (C=O) groups is 6. The van der Waals surface area contributed by atoms with Gasteiger partial charge >= 0.3 is 6.09 Å². The van der Waals surface area contributed by atoms with Crippen LogP contribution in [0, 0.1) is 58.2 Å². The summed E-state index contributed by atoms with van der Waals surface area (Å²) < 4.78 is 17.7. The Morgan fingerprint density at radius 1 is 0.635 bits per heavy atom. The second-order valence-electron chi connectivity index (χ2n) is 29.1. The summed E-state index contributed by atoms with van der Waals surface area (Å²) in [6, 6.07) is 20.3. The predicted molar refractivity (Wildman–Crippen MR) is 366 cm³/mol. The van der Waals surface area contributed by atoms with E-state index in [4.69, 9.17) is 23.9 Å². The van der Waals surface area contributed by atoms with Crippen molar-refractivity contribution in [2.24, 2.45) is 58.2 Å². The molecule has 4 bridgehead atoms. The Hall–Kier alpha value is -7.18. The van der Waals surface area contributed by atoms with Crippen LogP contribution in [0.15, 0.2) is 72.8 Å². The van der Waals surface area contributed by atoms with Gasteiger partial charge in [0.15, 0.2) is 5.78 Å². The summed E-state index contributed by atoms with van der Waals surface area (Å²) >= 11 is 0. The topological polar surface area (TPSA) is 270 Å². The molecule has 96 heavy (non-hydrogen) atoms. The zero-order valence-corrected chi connectivity index (χ0v) is 59.2. The first-order chi connectivity index (χ1) is 45.5.